The van der Waals surface area contributed by atoms with E-state index in [9.17, 15) is 19.8 Å². The molecule has 0 bridgehead atoms. The van der Waals surface area contributed by atoms with Gasteiger partial charge in [-0.05, 0) is 104 Å². The second kappa shape index (κ2) is 8.90. The number of carbonyl (C=O) groups is 2. The number of hydrogen-bond acceptors (Lipinski definition) is 4. The Hall–Kier alpha value is -1.14. The van der Waals surface area contributed by atoms with Crippen LogP contribution < -0.4 is 5.32 Å². The van der Waals surface area contributed by atoms with Crippen LogP contribution in [0, 0.1) is 46.3 Å². The molecule has 0 aliphatic heterocycles. The maximum Gasteiger partial charge on any atom is 0.322 e. The minimum atomic E-state index is -1.02. The van der Waals surface area contributed by atoms with Crippen molar-refractivity contribution in [1.82, 2.24) is 5.32 Å². The third-order valence-corrected chi connectivity index (χ3v) is 10.8. The standard InChI is InChI=1S/C26H43NO5/c1-15(4-9-23(30)27-14-24(31)32)19-7-8-20-18-6-5-16-12-17(28)10-11-25(16,2)21(18)13-22(29)26(19,20)3/h15-22,28-29H,4-14H2,1-3H3,(H,27,30)(H,31,32)/t15-,16+,17-,18-,19-,20-,21-,22+,25+,26-/m1/s1. The Kier molecular flexibility index (Phi) is 6.68. The number of rotatable bonds is 6. The molecule has 0 aromatic carbocycles. The van der Waals surface area contributed by atoms with Crippen molar-refractivity contribution in [3.8, 4) is 0 Å². The first-order chi connectivity index (χ1) is 15.1. The zero-order chi connectivity index (χ0) is 23.3. The van der Waals surface area contributed by atoms with Crippen LogP contribution in [0.5, 0.6) is 0 Å². The lowest BCUT2D eigenvalue weighted by molar-refractivity contribution is -0.175. The molecule has 0 spiro atoms. The van der Waals surface area contributed by atoms with Crippen LogP contribution in [-0.4, -0.2) is 45.9 Å². The molecule has 4 N–H and O–H groups in total. The van der Waals surface area contributed by atoms with E-state index >= 15 is 0 Å². The number of aliphatic hydroxyl groups is 2. The van der Waals surface area contributed by atoms with Gasteiger partial charge in [-0.15, -0.1) is 0 Å². The van der Waals surface area contributed by atoms with Gasteiger partial charge in [-0.25, -0.2) is 0 Å². The minimum Gasteiger partial charge on any atom is -0.480 e. The fourth-order valence-corrected chi connectivity index (χ4v) is 8.98. The average Bonchev–Trinajstić information content (AvgIpc) is 3.10. The molecule has 182 valence electrons. The summed E-state index contributed by atoms with van der Waals surface area (Å²) in [6.45, 7) is 6.65. The molecule has 4 aliphatic carbocycles. The molecule has 10 atom stereocenters. The number of aliphatic carboxylic acids is 1. The summed E-state index contributed by atoms with van der Waals surface area (Å²) in [5.41, 5.74) is 0.145. The van der Waals surface area contributed by atoms with Gasteiger partial charge in [-0.3, -0.25) is 9.59 Å². The molecule has 0 unspecified atom stereocenters. The number of aliphatic hydroxyl groups excluding tert-OH is 2. The summed E-state index contributed by atoms with van der Waals surface area (Å²) in [7, 11) is 0. The van der Waals surface area contributed by atoms with Crippen LogP contribution >= 0.6 is 0 Å². The van der Waals surface area contributed by atoms with Crippen molar-refractivity contribution in [1.29, 1.82) is 0 Å². The summed E-state index contributed by atoms with van der Waals surface area (Å²) in [6.07, 6.45) is 9.12. The van der Waals surface area contributed by atoms with Gasteiger partial charge >= 0.3 is 5.97 Å². The monoisotopic (exact) mass is 449 g/mol. The zero-order valence-electron chi connectivity index (χ0n) is 20.1. The largest absolute Gasteiger partial charge is 0.480 e. The van der Waals surface area contributed by atoms with E-state index in [1.165, 1.54) is 12.8 Å². The summed E-state index contributed by atoms with van der Waals surface area (Å²) in [4.78, 5) is 22.7. The number of carboxylic acids is 1. The number of nitrogens with one attached hydrogen (secondary N) is 1. The number of fused-ring (bicyclic) bond motifs is 5. The topological polar surface area (TPSA) is 107 Å². The molecule has 4 aliphatic rings. The van der Waals surface area contributed by atoms with Crippen molar-refractivity contribution in [2.45, 2.75) is 97.2 Å². The maximum absolute atomic E-state index is 12.0. The zero-order valence-corrected chi connectivity index (χ0v) is 20.1. The molecule has 4 rings (SSSR count). The molecule has 0 aromatic rings. The SMILES string of the molecule is C[C@H](CCC(=O)NCC(=O)O)[C@H]1CC[C@@H]2[C@H]3CC[C@H]4C[C@H](O)CC[C@]4(C)[C@@H]3C[C@H](O)[C@@]21C. The molecule has 6 nitrogen and oxygen atoms in total. The Labute approximate surface area is 192 Å². The number of carbonyl (C=O) groups excluding carboxylic acids is 1. The lowest BCUT2D eigenvalue weighted by atomic mass is 9.43. The van der Waals surface area contributed by atoms with Crippen LogP contribution in [-0.2, 0) is 9.59 Å². The van der Waals surface area contributed by atoms with Gasteiger partial charge < -0.3 is 20.6 Å². The highest BCUT2D eigenvalue weighted by atomic mass is 16.4. The Balaban J connectivity index is 1.45. The molecule has 4 saturated carbocycles. The highest BCUT2D eigenvalue weighted by molar-refractivity contribution is 5.81. The Morgan fingerprint density at radius 3 is 2.50 bits per heavy atom. The molecule has 32 heavy (non-hydrogen) atoms. The molecule has 1 amide bonds. The summed E-state index contributed by atoms with van der Waals surface area (Å²) in [5, 5.41) is 33.0. The van der Waals surface area contributed by atoms with Crippen molar-refractivity contribution in [3.63, 3.8) is 0 Å². The van der Waals surface area contributed by atoms with E-state index in [1.807, 2.05) is 0 Å². The minimum absolute atomic E-state index is 0.102. The van der Waals surface area contributed by atoms with Crippen LogP contribution in [0.2, 0.25) is 0 Å². The van der Waals surface area contributed by atoms with Gasteiger partial charge in [0.1, 0.15) is 6.54 Å². The van der Waals surface area contributed by atoms with Gasteiger partial charge in [-0.2, -0.15) is 0 Å². The van der Waals surface area contributed by atoms with E-state index in [0.717, 1.165) is 44.9 Å². The van der Waals surface area contributed by atoms with Crippen molar-refractivity contribution < 1.29 is 24.9 Å². The van der Waals surface area contributed by atoms with Crippen LogP contribution in [0.3, 0.4) is 0 Å². The predicted molar refractivity (Wildman–Crippen MR) is 122 cm³/mol. The first-order valence-corrected chi connectivity index (χ1v) is 12.9. The molecular weight excluding hydrogens is 406 g/mol. The Bertz CT molecular complexity index is 727. The highest BCUT2D eigenvalue weighted by Crippen LogP contribution is 2.68. The first-order valence-electron chi connectivity index (χ1n) is 12.9. The van der Waals surface area contributed by atoms with Crippen LogP contribution in [0.1, 0.15) is 85.0 Å². The summed E-state index contributed by atoms with van der Waals surface area (Å²) < 4.78 is 0. The third-order valence-electron chi connectivity index (χ3n) is 10.8. The van der Waals surface area contributed by atoms with E-state index in [4.69, 9.17) is 5.11 Å². The lowest BCUT2D eigenvalue weighted by Crippen LogP contribution is -2.58. The second-order valence-electron chi connectivity index (χ2n) is 12.1. The van der Waals surface area contributed by atoms with Gasteiger partial charge in [0.25, 0.3) is 0 Å². The van der Waals surface area contributed by atoms with Crippen LogP contribution in [0.15, 0.2) is 0 Å². The van der Waals surface area contributed by atoms with Gasteiger partial charge in [-0.1, -0.05) is 20.8 Å². The van der Waals surface area contributed by atoms with Crippen molar-refractivity contribution in [3.05, 3.63) is 0 Å². The molecule has 4 fully saturated rings. The van der Waals surface area contributed by atoms with Crippen molar-refractivity contribution in [2.24, 2.45) is 46.3 Å². The van der Waals surface area contributed by atoms with Gasteiger partial charge in [0.15, 0.2) is 0 Å². The maximum atomic E-state index is 12.0. The number of hydrogen-bond donors (Lipinski definition) is 4. The molecule has 0 radical (unpaired) electrons. The van der Waals surface area contributed by atoms with Gasteiger partial charge in [0, 0.05) is 6.42 Å². The summed E-state index contributed by atoms with van der Waals surface area (Å²) >= 11 is 0. The molecule has 0 heterocycles. The normalized spacial score (nSPS) is 46.5. The fraction of sp³-hybridized carbons (Fsp3) is 0.923. The second-order valence-corrected chi connectivity index (χ2v) is 12.1. The highest BCUT2D eigenvalue weighted by Gasteiger charge is 2.63. The molecule has 0 saturated heterocycles. The summed E-state index contributed by atoms with van der Waals surface area (Å²) in [6, 6.07) is 0. The number of amides is 1. The third kappa shape index (κ3) is 4.00. The molecular formula is C26H43NO5. The van der Waals surface area contributed by atoms with Crippen LogP contribution in [0.25, 0.3) is 0 Å². The van der Waals surface area contributed by atoms with E-state index in [0.29, 0.717) is 41.9 Å². The van der Waals surface area contributed by atoms with E-state index < -0.39 is 5.97 Å². The predicted octanol–water partition coefficient (Wildman–Crippen LogP) is 3.59. The van der Waals surface area contributed by atoms with Crippen LogP contribution in [0.4, 0.5) is 0 Å². The fourth-order valence-electron chi connectivity index (χ4n) is 8.98. The lowest BCUT2D eigenvalue weighted by Gasteiger charge is -2.62. The van der Waals surface area contributed by atoms with E-state index in [-0.39, 0.29) is 35.5 Å². The smallest absolute Gasteiger partial charge is 0.322 e. The van der Waals surface area contributed by atoms with Crippen molar-refractivity contribution >= 4 is 11.9 Å². The quantitative estimate of drug-likeness (QED) is 0.496. The van der Waals surface area contributed by atoms with Gasteiger partial charge in [0.2, 0.25) is 5.91 Å². The van der Waals surface area contributed by atoms with Gasteiger partial charge in [0.05, 0.1) is 12.2 Å². The van der Waals surface area contributed by atoms with Crippen molar-refractivity contribution in [2.75, 3.05) is 6.54 Å². The van der Waals surface area contributed by atoms with E-state index in [1.54, 1.807) is 0 Å². The summed E-state index contributed by atoms with van der Waals surface area (Å²) in [5.74, 6) is 1.84. The van der Waals surface area contributed by atoms with E-state index in [2.05, 4.69) is 26.1 Å². The first kappa shape index (κ1) is 24.0. The molecule has 0 aromatic heterocycles. The Morgan fingerprint density at radius 1 is 1.03 bits per heavy atom. The average molecular weight is 450 g/mol. The Morgan fingerprint density at radius 2 is 1.78 bits per heavy atom. The number of carboxylic acid groups (broad SMARTS) is 1. The molecule has 6 heteroatoms.